The third-order valence-electron chi connectivity index (χ3n) is 11.8. The van der Waals surface area contributed by atoms with Crippen molar-refractivity contribution >= 4 is 87.2 Å². The van der Waals surface area contributed by atoms with Crippen LogP contribution in [0.3, 0.4) is 0 Å². The zero-order valence-electron chi connectivity index (χ0n) is 31.4. The van der Waals surface area contributed by atoms with Crippen LogP contribution >= 0.6 is 0 Å². The van der Waals surface area contributed by atoms with Gasteiger partial charge in [0, 0.05) is 43.4 Å². The second-order valence-corrected chi connectivity index (χ2v) is 15.2. The van der Waals surface area contributed by atoms with Crippen molar-refractivity contribution in [2.24, 2.45) is 0 Å². The second kappa shape index (κ2) is 12.2. The van der Waals surface area contributed by atoms with Gasteiger partial charge in [0.15, 0.2) is 23.1 Å². The van der Waals surface area contributed by atoms with E-state index in [1.807, 2.05) is 42.5 Å². The van der Waals surface area contributed by atoms with Crippen LogP contribution in [0, 0.1) is 0 Å². The summed E-state index contributed by atoms with van der Waals surface area (Å²) in [6.45, 7) is 0. The highest BCUT2D eigenvalue weighted by atomic mass is 16.3. The van der Waals surface area contributed by atoms with Crippen molar-refractivity contribution in [1.82, 2.24) is 19.5 Å². The summed E-state index contributed by atoms with van der Waals surface area (Å²) in [4.78, 5) is 16.0. The van der Waals surface area contributed by atoms with Crippen LogP contribution in [0.1, 0.15) is 0 Å². The molecule has 0 aliphatic heterocycles. The van der Waals surface area contributed by atoms with E-state index in [1.54, 1.807) is 0 Å². The summed E-state index contributed by atoms with van der Waals surface area (Å²) in [6, 6.07) is 63.3. The van der Waals surface area contributed by atoms with Crippen LogP contribution in [-0.2, 0) is 0 Å². The Hall–Kier alpha value is -8.09. The quantitative estimate of drug-likeness (QED) is 0.179. The van der Waals surface area contributed by atoms with Gasteiger partial charge in [-0.25, -0.2) is 15.0 Å². The number of hydrogen-bond donors (Lipinski definition) is 0. The molecule has 0 aliphatic carbocycles. The Morgan fingerprint density at radius 1 is 0.339 bits per heavy atom. The standard InChI is InChI=1S/C53H30N4O2/c1-2-13-32-28-35(25-24-31(32)12-1)51-54-52(56-53(55-51)42-20-11-19-39-37-17-6-9-22-46(37)58-49(39)42)41-27-26-40-38-18-7-10-23-47(38)59-50(40)48(41)57-44-21-8-5-16-36(44)43-29-33-14-3-4-15-34(33)30-45(43)57/h1-30H. The molecule has 59 heavy (non-hydrogen) atoms. The van der Waals surface area contributed by atoms with Crippen molar-refractivity contribution in [1.29, 1.82) is 0 Å². The van der Waals surface area contributed by atoms with Gasteiger partial charge >= 0.3 is 0 Å². The topological polar surface area (TPSA) is 69.9 Å². The molecular formula is C53H30N4O2. The van der Waals surface area contributed by atoms with E-state index in [1.165, 1.54) is 5.39 Å². The number of rotatable bonds is 4. The maximum Gasteiger partial charge on any atom is 0.167 e. The van der Waals surface area contributed by atoms with Crippen LogP contribution < -0.4 is 0 Å². The summed E-state index contributed by atoms with van der Waals surface area (Å²) in [5.41, 5.74) is 8.61. The van der Waals surface area contributed by atoms with E-state index in [4.69, 9.17) is 23.8 Å². The van der Waals surface area contributed by atoms with E-state index in [9.17, 15) is 0 Å². The SMILES string of the molecule is c1ccc2cc(-c3nc(-c4ccc5c(oc6ccccc65)c4-n4c5ccccc5c5cc6ccccc6cc54)nc(-c4cccc5c4oc4ccccc45)n3)ccc2c1. The zero-order valence-corrected chi connectivity index (χ0v) is 31.4. The van der Waals surface area contributed by atoms with Gasteiger partial charge in [-0.1, -0.05) is 127 Å². The number of aromatic nitrogens is 4. The average Bonchev–Trinajstić information content (AvgIpc) is 3.97. The van der Waals surface area contributed by atoms with Crippen molar-refractivity contribution in [3.05, 3.63) is 182 Å². The van der Waals surface area contributed by atoms with Crippen molar-refractivity contribution in [3.8, 4) is 39.9 Å². The predicted octanol–water partition coefficient (Wildman–Crippen LogP) is 14.1. The molecule has 0 atom stereocenters. The predicted molar refractivity (Wildman–Crippen MR) is 240 cm³/mol. The number of hydrogen-bond acceptors (Lipinski definition) is 5. The van der Waals surface area contributed by atoms with E-state index in [-0.39, 0.29) is 0 Å². The molecule has 6 nitrogen and oxygen atoms in total. The van der Waals surface area contributed by atoms with Gasteiger partial charge < -0.3 is 13.4 Å². The molecule has 0 bridgehead atoms. The molecule has 0 N–H and O–H groups in total. The Morgan fingerprint density at radius 2 is 0.915 bits per heavy atom. The lowest BCUT2D eigenvalue weighted by atomic mass is 10.0. The van der Waals surface area contributed by atoms with Gasteiger partial charge in [-0.2, -0.15) is 0 Å². The Morgan fingerprint density at radius 3 is 1.69 bits per heavy atom. The molecule has 13 rings (SSSR count). The molecule has 13 aromatic rings. The van der Waals surface area contributed by atoms with Gasteiger partial charge in [0.1, 0.15) is 22.4 Å². The van der Waals surface area contributed by atoms with Crippen LogP contribution in [0.5, 0.6) is 0 Å². The lowest BCUT2D eigenvalue weighted by Crippen LogP contribution is -2.04. The molecule has 274 valence electrons. The number of furan rings is 2. The molecule has 0 spiro atoms. The van der Waals surface area contributed by atoms with Gasteiger partial charge in [0.25, 0.3) is 0 Å². The third-order valence-corrected chi connectivity index (χ3v) is 11.8. The first-order chi connectivity index (χ1) is 29.2. The monoisotopic (exact) mass is 754 g/mol. The largest absolute Gasteiger partial charge is 0.455 e. The minimum atomic E-state index is 0.520. The fourth-order valence-corrected chi connectivity index (χ4v) is 9.07. The van der Waals surface area contributed by atoms with Gasteiger partial charge in [0.05, 0.1) is 16.6 Å². The van der Waals surface area contributed by atoms with Crippen molar-refractivity contribution in [2.75, 3.05) is 0 Å². The first kappa shape index (κ1) is 32.0. The van der Waals surface area contributed by atoms with Gasteiger partial charge in [-0.3, -0.25) is 0 Å². The fraction of sp³-hybridized carbons (Fsp3) is 0. The zero-order chi connectivity index (χ0) is 38.6. The molecule has 4 aromatic heterocycles. The van der Waals surface area contributed by atoms with E-state index < -0.39 is 0 Å². The lowest BCUT2D eigenvalue weighted by Gasteiger charge is -2.15. The van der Waals surface area contributed by atoms with Crippen molar-refractivity contribution < 1.29 is 8.83 Å². The first-order valence-electron chi connectivity index (χ1n) is 19.8. The molecule has 0 saturated heterocycles. The number of para-hydroxylation sites is 4. The molecule has 0 amide bonds. The van der Waals surface area contributed by atoms with E-state index in [2.05, 4.69) is 144 Å². The molecule has 0 saturated carbocycles. The Kier molecular flexibility index (Phi) is 6.63. The van der Waals surface area contributed by atoms with Crippen molar-refractivity contribution in [2.45, 2.75) is 0 Å². The highest BCUT2D eigenvalue weighted by molar-refractivity contribution is 6.17. The maximum atomic E-state index is 6.92. The highest BCUT2D eigenvalue weighted by Gasteiger charge is 2.25. The van der Waals surface area contributed by atoms with Crippen molar-refractivity contribution in [3.63, 3.8) is 0 Å². The van der Waals surface area contributed by atoms with E-state index in [0.717, 1.165) is 104 Å². The molecule has 0 fully saturated rings. The minimum absolute atomic E-state index is 0.520. The summed E-state index contributed by atoms with van der Waals surface area (Å²) in [7, 11) is 0. The highest BCUT2D eigenvalue weighted by Crippen LogP contribution is 2.44. The van der Waals surface area contributed by atoms with Gasteiger partial charge in [-0.15, -0.1) is 0 Å². The molecule has 0 unspecified atom stereocenters. The normalized spacial score (nSPS) is 12.1. The Bertz CT molecular complexity index is 3870. The summed E-state index contributed by atoms with van der Waals surface area (Å²) in [5, 5.41) is 11.0. The number of nitrogens with zero attached hydrogens (tertiary/aromatic N) is 4. The maximum absolute atomic E-state index is 6.92. The Balaban J connectivity index is 1.16. The summed E-state index contributed by atoms with van der Waals surface area (Å²) >= 11 is 0. The van der Waals surface area contributed by atoms with E-state index in [0.29, 0.717) is 17.5 Å². The summed E-state index contributed by atoms with van der Waals surface area (Å²) < 4.78 is 15.8. The molecular weight excluding hydrogens is 725 g/mol. The minimum Gasteiger partial charge on any atom is -0.455 e. The summed E-state index contributed by atoms with van der Waals surface area (Å²) in [5.74, 6) is 1.61. The number of benzene rings is 9. The van der Waals surface area contributed by atoms with Crippen LogP contribution in [0.4, 0.5) is 0 Å². The lowest BCUT2D eigenvalue weighted by molar-refractivity contribution is 0.666. The molecule has 0 aliphatic rings. The van der Waals surface area contributed by atoms with Crippen LogP contribution in [0.15, 0.2) is 191 Å². The molecule has 4 heterocycles. The first-order valence-corrected chi connectivity index (χ1v) is 19.8. The van der Waals surface area contributed by atoms with Crippen LogP contribution in [0.2, 0.25) is 0 Å². The van der Waals surface area contributed by atoms with Gasteiger partial charge in [0.2, 0.25) is 0 Å². The second-order valence-electron chi connectivity index (χ2n) is 15.2. The van der Waals surface area contributed by atoms with Gasteiger partial charge in [-0.05, 0) is 76.1 Å². The third kappa shape index (κ3) is 4.77. The summed E-state index contributed by atoms with van der Waals surface area (Å²) in [6.07, 6.45) is 0. The van der Waals surface area contributed by atoms with Crippen LogP contribution in [0.25, 0.3) is 127 Å². The average molecular weight is 755 g/mol. The molecule has 6 heteroatoms. The molecule has 0 radical (unpaired) electrons. The molecule has 9 aromatic carbocycles. The number of fused-ring (bicyclic) bond motifs is 11. The smallest absolute Gasteiger partial charge is 0.167 e. The van der Waals surface area contributed by atoms with E-state index >= 15 is 0 Å². The fourth-order valence-electron chi connectivity index (χ4n) is 9.07. The Labute approximate surface area is 336 Å². The van der Waals surface area contributed by atoms with Crippen LogP contribution in [-0.4, -0.2) is 19.5 Å².